The van der Waals surface area contributed by atoms with Crippen molar-refractivity contribution in [1.29, 1.82) is 0 Å². The van der Waals surface area contributed by atoms with Crippen molar-refractivity contribution < 1.29 is 0 Å². The Hall–Kier alpha value is 0. The maximum atomic E-state index is 2.44. The highest BCUT2D eigenvalue weighted by molar-refractivity contribution is 4.97. The Morgan fingerprint density at radius 1 is 0.867 bits per heavy atom. The van der Waals surface area contributed by atoms with E-state index in [1.165, 1.54) is 25.7 Å². The van der Waals surface area contributed by atoms with Crippen LogP contribution >= 0.6 is 0 Å². The Balaban J connectivity index is 2.89. The van der Waals surface area contributed by atoms with Crippen LogP contribution in [-0.2, 0) is 0 Å². The van der Waals surface area contributed by atoms with Crippen LogP contribution in [0.2, 0.25) is 0 Å². The zero-order valence-corrected chi connectivity index (χ0v) is 11.9. The van der Waals surface area contributed by atoms with Gasteiger partial charge in [0.05, 0.1) is 0 Å². The first kappa shape index (κ1) is 13.1. The average Bonchev–Trinajstić information content (AvgIpc) is 2.01. The zero-order chi connectivity index (χ0) is 11.9. The van der Waals surface area contributed by atoms with Crippen molar-refractivity contribution in [2.24, 2.45) is 22.2 Å². The van der Waals surface area contributed by atoms with Gasteiger partial charge in [-0.25, -0.2) is 0 Å². The highest BCUT2D eigenvalue weighted by Crippen LogP contribution is 2.57. The molecule has 1 rings (SSSR count). The van der Waals surface area contributed by atoms with Gasteiger partial charge in [0, 0.05) is 0 Å². The second-order valence-electron chi connectivity index (χ2n) is 7.73. The van der Waals surface area contributed by atoms with E-state index >= 15 is 0 Å². The SMILES string of the molecule is CC(C)C1(C(C)(C)C)CCC(C)(C)CC1. The van der Waals surface area contributed by atoms with Gasteiger partial charge in [0.2, 0.25) is 0 Å². The number of hydrogen-bond acceptors (Lipinski definition) is 0. The first-order chi connectivity index (χ1) is 6.61. The molecule has 0 bridgehead atoms. The maximum Gasteiger partial charge on any atom is -0.0225 e. The standard InChI is InChI=1S/C15H30/c1-12(2)15(13(3,4)5)10-8-14(6,7)9-11-15/h12H,8-11H2,1-7H3. The third-order valence-electron chi connectivity index (χ3n) is 5.09. The van der Waals surface area contributed by atoms with Gasteiger partial charge in [0.15, 0.2) is 0 Å². The summed E-state index contributed by atoms with van der Waals surface area (Å²) in [4.78, 5) is 0. The van der Waals surface area contributed by atoms with Crippen LogP contribution in [0.3, 0.4) is 0 Å². The lowest BCUT2D eigenvalue weighted by molar-refractivity contribution is -0.0385. The second-order valence-corrected chi connectivity index (χ2v) is 7.73. The number of rotatable bonds is 1. The molecule has 0 radical (unpaired) electrons. The van der Waals surface area contributed by atoms with E-state index in [4.69, 9.17) is 0 Å². The average molecular weight is 210 g/mol. The molecule has 0 heterocycles. The summed E-state index contributed by atoms with van der Waals surface area (Å²) in [5, 5.41) is 0. The van der Waals surface area contributed by atoms with Gasteiger partial charge >= 0.3 is 0 Å². The smallest absolute Gasteiger partial charge is 0.0225 e. The summed E-state index contributed by atoms with van der Waals surface area (Å²) in [6, 6.07) is 0. The molecule has 0 heteroatoms. The fourth-order valence-electron chi connectivity index (χ4n) is 3.57. The molecule has 0 aromatic rings. The fraction of sp³-hybridized carbons (Fsp3) is 1.00. The van der Waals surface area contributed by atoms with Crippen molar-refractivity contribution in [1.82, 2.24) is 0 Å². The van der Waals surface area contributed by atoms with Gasteiger partial charge in [-0.1, -0.05) is 48.5 Å². The maximum absolute atomic E-state index is 2.44. The third-order valence-corrected chi connectivity index (χ3v) is 5.09. The molecule has 15 heavy (non-hydrogen) atoms. The molecule has 1 fully saturated rings. The first-order valence-electron chi connectivity index (χ1n) is 6.61. The van der Waals surface area contributed by atoms with Gasteiger partial charge in [0.25, 0.3) is 0 Å². The van der Waals surface area contributed by atoms with E-state index in [1.807, 2.05) is 0 Å². The molecule has 0 amide bonds. The minimum absolute atomic E-state index is 0.456. The molecule has 0 nitrogen and oxygen atoms in total. The quantitative estimate of drug-likeness (QED) is 0.552. The van der Waals surface area contributed by atoms with Crippen LogP contribution in [0, 0.1) is 22.2 Å². The summed E-state index contributed by atoms with van der Waals surface area (Å²) in [5.74, 6) is 0.814. The Kier molecular flexibility index (Phi) is 3.30. The molecule has 0 aliphatic heterocycles. The highest BCUT2D eigenvalue weighted by atomic mass is 14.5. The summed E-state index contributed by atoms with van der Waals surface area (Å²) < 4.78 is 0. The van der Waals surface area contributed by atoms with E-state index in [2.05, 4.69) is 48.5 Å². The monoisotopic (exact) mass is 210 g/mol. The Bertz CT molecular complexity index is 205. The zero-order valence-electron chi connectivity index (χ0n) is 11.9. The summed E-state index contributed by atoms with van der Waals surface area (Å²) in [7, 11) is 0. The van der Waals surface area contributed by atoms with Crippen molar-refractivity contribution in [3.05, 3.63) is 0 Å². The first-order valence-corrected chi connectivity index (χ1v) is 6.61. The molecule has 0 atom stereocenters. The van der Waals surface area contributed by atoms with E-state index < -0.39 is 0 Å². The molecular weight excluding hydrogens is 180 g/mol. The second kappa shape index (κ2) is 3.79. The lowest BCUT2D eigenvalue weighted by Crippen LogP contribution is -2.44. The van der Waals surface area contributed by atoms with Gasteiger partial charge in [-0.3, -0.25) is 0 Å². The normalized spacial score (nSPS) is 25.6. The van der Waals surface area contributed by atoms with Gasteiger partial charge in [0.1, 0.15) is 0 Å². The van der Waals surface area contributed by atoms with Crippen LogP contribution in [0.25, 0.3) is 0 Å². The molecule has 0 aromatic carbocycles. The summed E-state index contributed by atoms with van der Waals surface area (Å²) in [5.41, 5.74) is 1.61. The molecule has 1 aliphatic carbocycles. The van der Waals surface area contributed by atoms with Crippen molar-refractivity contribution >= 4 is 0 Å². The lowest BCUT2D eigenvalue weighted by Gasteiger charge is -2.54. The largest absolute Gasteiger partial charge is 0.0622 e. The molecule has 0 saturated heterocycles. The van der Waals surface area contributed by atoms with Gasteiger partial charge < -0.3 is 0 Å². The predicted molar refractivity (Wildman–Crippen MR) is 69.0 cm³/mol. The fourth-order valence-corrected chi connectivity index (χ4v) is 3.57. The van der Waals surface area contributed by atoms with Gasteiger partial charge in [-0.05, 0) is 47.8 Å². The molecule has 0 spiro atoms. The van der Waals surface area contributed by atoms with E-state index in [9.17, 15) is 0 Å². The van der Waals surface area contributed by atoms with E-state index in [0.717, 1.165) is 5.92 Å². The Labute approximate surface area is 96.8 Å². The Morgan fingerprint density at radius 3 is 1.53 bits per heavy atom. The van der Waals surface area contributed by atoms with Crippen molar-refractivity contribution in [2.45, 2.75) is 74.1 Å². The topological polar surface area (TPSA) is 0 Å². The van der Waals surface area contributed by atoms with Crippen molar-refractivity contribution in [3.63, 3.8) is 0 Å². The molecule has 0 unspecified atom stereocenters. The predicted octanol–water partition coefficient (Wildman–Crippen LogP) is 5.28. The highest BCUT2D eigenvalue weighted by Gasteiger charge is 2.47. The van der Waals surface area contributed by atoms with Gasteiger partial charge in [-0.15, -0.1) is 0 Å². The summed E-state index contributed by atoms with van der Waals surface area (Å²) in [6.45, 7) is 17.0. The lowest BCUT2D eigenvalue weighted by atomic mass is 9.51. The summed E-state index contributed by atoms with van der Waals surface area (Å²) in [6.07, 6.45) is 5.65. The van der Waals surface area contributed by atoms with Crippen LogP contribution in [0.4, 0.5) is 0 Å². The number of hydrogen-bond donors (Lipinski definition) is 0. The van der Waals surface area contributed by atoms with Crippen LogP contribution in [0.5, 0.6) is 0 Å². The minimum Gasteiger partial charge on any atom is -0.0622 e. The van der Waals surface area contributed by atoms with Crippen molar-refractivity contribution in [2.75, 3.05) is 0 Å². The van der Waals surface area contributed by atoms with Gasteiger partial charge in [-0.2, -0.15) is 0 Å². The molecule has 1 saturated carbocycles. The molecule has 0 aromatic heterocycles. The molecular formula is C15H30. The van der Waals surface area contributed by atoms with Crippen molar-refractivity contribution in [3.8, 4) is 0 Å². The van der Waals surface area contributed by atoms with E-state index in [1.54, 1.807) is 0 Å². The molecule has 0 N–H and O–H groups in total. The summed E-state index contributed by atoms with van der Waals surface area (Å²) >= 11 is 0. The van der Waals surface area contributed by atoms with Crippen LogP contribution < -0.4 is 0 Å². The molecule has 90 valence electrons. The van der Waals surface area contributed by atoms with E-state index in [-0.39, 0.29) is 0 Å². The molecule has 1 aliphatic rings. The third kappa shape index (κ3) is 2.40. The van der Waals surface area contributed by atoms with Crippen LogP contribution in [0.15, 0.2) is 0 Å². The van der Waals surface area contributed by atoms with Crippen LogP contribution in [0.1, 0.15) is 74.1 Å². The van der Waals surface area contributed by atoms with Crippen LogP contribution in [-0.4, -0.2) is 0 Å². The minimum atomic E-state index is 0.456. The Morgan fingerprint density at radius 2 is 1.27 bits per heavy atom. The van der Waals surface area contributed by atoms with E-state index in [0.29, 0.717) is 16.2 Å².